The number of rotatable bonds is 7. The first-order valence-corrected chi connectivity index (χ1v) is 12.2. The topological polar surface area (TPSA) is 76.4 Å². The van der Waals surface area contributed by atoms with Gasteiger partial charge < -0.3 is 5.32 Å². The van der Waals surface area contributed by atoms with Crippen LogP contribution in [0.1, 0.15) is 34.9 Å². The molecule has 0 radical (unpaired) electrons. The highest BCUT2D eigenvalue weighted by Gasteiger charge is 2.13. The van der Waals surface area contributed by atoms with Crippen molar-refractivity contribution in [3.05, 3.63) is 86.2 Å². The van der Waals surface area contributed by atoms with Crippen LogP contribution in [-0.4, -0.2) is 20.5 Å². The first-order valence-electron chi connectivity index (χ1n) is 10.1. The smallest absolute Gasteiger partial charge is 0.275 e. The van der Waals surface area contributed by atoms with Crippen LogP contribution in [0.2, 0.25) is 5.02 Å². The van der Waals surface area contributed by atoms with Gasteiger partial charge in [0.15, 0.2) is 0 Å². The summed E-state index contributed by atoms with van der Waals surface area (Å²) in [7, 11) is 0. The van der Waals surface area contributed by atoms with Crippen molar-refractivity contribution < 1.29 is 4.79 Å². The zero-order valence-electron chi connectivity index (χ0n) is 17.5. The molecule has 4 aromatic rings. The molecule has 0 bridgehead atoms. The van der Waals surface area contributed by atoms with Crippen molar-refractivity contribution >= 4 is 51.3 Å². The number of fused-ring (bicyclic) bond motifs is 1. The number of nitrogens with one attached hydrogen (secondary N) is 1. The standard InChI is InChI=1S/C23H21ClN4O2S2/c1-14(2)11-20-27-28-21(29)12-17(25-23(28)32-20)13-31-19-6-4-3-5-18(19)26-22(30)15-7-9-16(24)10-8-15/h3-10,12,14H,11,13H2,1-2H3,(H,26,30). The molecule has 164 valence electrons. The van der Waals surface area contributed by atoms with Crippen LogP contribution in [0.3, 0.4) is 0 Å². The van der Waals surface area contributed by atoms with E-state index in [0.29, 0.717) is 38.6 Å². The van der Waals surface area contributed by atoms with E-state index in [1.807, 2.05) is 24.3 Å². The molecule has 0 aliphatic carbocycles. The quantitative estimate of drug-likeness (QED) is 0.348. The number of nitrogens with zero attached hydrogens (tertiary/aromatic N) is 3. The Bertz CT molecular complexity index is 1320. The lowest BCUT2D eigenvalue weighted by molar-refractivity contribution is 0.102. The van der Waals surface area contributed by atoms with E-state index in [0.717, 1.165) is 16.3 Å². The lowest BCUT2D eigenvalue weighted by atomic mass is 10.1. The van der Waals surface area contributed by atoms with Crippen LogP contribution in [0, 0.1) is 5.92 Å². The monoisotopic (exact) mass is 484 g/mol. The molecule has 0 saturated heterocycles. The minimum absolute atomic E-state index is 0.179. The van der Waals surface area contributed by atoms with Crippen molar-refractivity contribution in [1.82, 2.24) is 14.6 Å². The first kappa shape index (κ1) is 22.5. The van der Waals surface area contributed by atoms with Crippen molar-refractivity contribution in [2.45, 2.75) is 30.9 Å². The maximum Gasteiger partial charge on any atom is 0.275 e. The Morgan fingerprint density at radius 3 is 2.69 bits per heavy atom. The molecule has 0 aliphatic heterocycles. The molecule has 9 heteroatoms. The summed E-state index contributed by atoms with van der Waals surface area (Å²) in [6.07, 6.45) is 0.818. The molecule has 4 rings (SSSR count). The molecule has 0 saturated carbocycles. The van der Waals surface area contributed by atoms with Crippen LogP contribution >= 0.6 is 34.7 Å². The number of anilines is 1. The van der Waals surface area contributed by atoms with Crippen LogP contribution < -0.4 is 10.9 Å². The number of para-hydroxylation sites is 1. The highest BCUT2D eigenvalue weighted by atomic mass is 35.5. The number of halogens is 1. The number of thioether (sulfide) groups is 1. The van der Waals surface area contributed by atoms with E-state index < -0.39 is 0 Å². The van der Waals surface area contributed by atoms with Crippen molar-refractivity contribution in [2.75, 3.05) is 5.32 Å². The lowest BCUT2D eigenvalue weighted by Gasteiger charge is -2.11. The largest absolute Gasteiger partial charge is 0.321 e. The van der Waals surface area contributed by atoms with Gasteiger partial charge in [0, 0.05) is 33.7 Å². The Balaban J connectivity index is 1.50. The van der Waals surface area contributed by atoms with Crippen LogP contribution in [-0.2, 0) is 12.2 Å². The highest BCUT2D eigenvalue weighted by molar-refractivity contribution is 7.98. The number of hydrogen-bond acceptors (Lipinski definition) is 6. The minimum Gasteiger partial charge on any atom is -0.321 e. The summed E-state index contributed by atoms with van der Waals surface area (Å²) in [6.45, 7) is 4.24. The van der Waals surface area contributed by atoms with E-state index in [4.69, 9.17) is 11.6 Å². The van der Waals surface area contributed by atoms with E-state index >= 15 is 0 Å². The number of amides is 1. The fourth-order valence-corrected chi connectivity index (χ4v) is 5.20. The Morgan fingerprint density at radius 2 is 1.94 bits per heavy atom. The molecule has 32 heavy (non-hydrogen) atoms. The van der Waals surface area contributed by atoms with E-state index in [1.54, 1.807) is 24.3 Å². The summed E-state index contributed by atoms with van der Waals surface area (Å²) in [6, 6.07) is 15.8. The van der Waals surface area contributed by atoms with Gasteiger partial charge in [-0.15, -0.1) is 11.8 Å². The van der Waals surface area contributed by atoms with Crippen molar-refractivity contribution in [3.63, 3.8) is 0 Å². The van der Waals surface area contributed by atoms with Gasteiger partial charge in [0.05, 0.1) is 11.4 Å². The van der Waals surface area contributed by atoms with E-state index in [2.05, 4.69) is 29.2 Å². The summed E-state index contributed by atoms with van der Waals surface area (Å²) in [5.74, 6) is 0.743. The van der Waals surface area contributed by atoms with E-state index in [-0.39, 0.29) is 11.5 Å². The average Bonchev–Trinajstić information content (AvgIpc) is 3.16. The summed E-state index contributed by atoms with van der Waals surface area (Å²) < 4.78 is 1.37. The average molecular weight is 485 g/mol. The van der Waals surface area contributed by atoms with Crippen molar-refractivity contribution in [2.24, 2.45) is 5.92 Å². The second-order valence-corrected chi connectivity index (χ2v) is 10.1. The molecular formula is C23H21ClN4O2S2. The van der Waals surface area contributed by atoms with Crippen LogP contribution in [0.25, 0.3) is 4.96 Å². The Labute approximate surface area is 198 Å². The van der Waals surface area contributed by atoms with Gasteiger partial charge in [-0.1, -0.05) is 48.9 Å². The molecule has 0 fully saturated rings. The molecule has 1 N–H and O–H groups in total. The second-order valence-electron chi connectivity index (χ2n) is 7.62. The molecule has 0 unspecified atom stereocenters. The summed E-state index contributed by atoms with van der Waals surface area (Å²) in [5, 5.41) is 8.82. The van der Waals surface area contributed by atoms with Crippen molar-refractivity contribution in [3.8, 4) is 0 Å². The van der Waals surface area contributed by atoms with Gasteiger partial charge in [-0.05, 0) is 42.3 Å². The lowest BCUT2D eigenvalue weighted by Crippen LogP contribution is -2.15. The number of aromatic nitrogens is 3. The molecule has 1 amide bonds. The fourth-order valence-electron chi connectivity index (χ4n) is 3.04. The van der Waals surface area contributed by atoms with Crippen LogP contribution in [0.4, 0.5) is 5.69 Å². The van der Waals surface area contributed by atoms with Gasteiger partial charge in [0.25, 0.3) is 11.5 Å². The molecule has 0 atom stereocenters. The van der Waals surface area contributed by atoms with Gasteiger partial charge in [0.1, 0.15) is 5.01 Å². The van der Waals surface area contributed by atoms with Crippen LogP contribution in [0.15, 0.2) is 64.3 Å². The van der Waals surface area contributed by atoms with Gasteiger partial charge >= 0.3 is 0 Å². The predicted molar refractivity (Wildman–Crippen MR) is 131 cm³/mol. The third-order valence-electron chi connectivity index (χ3n) is 4.54. The zero-order valence-corrected chi connectivity index (χ0v) is 19.9. The second kappa shape index (κ2) is 9.85. The van der Waals surface area contributed by atoms with E-state index in [1.165, 1.54) is 33.7 Å². The van der Waals surface area contributed by atoms with Gasteiger partial charge in [-0.3, -0.25) is 9.59 Å². The Hall–Kier alpha value is -2.68. The normalized spacial score (nSPS) is 11.2. The van der Waals surface area contributed by atoms with Gasteiger partial charge in [-0.2, -0.15) is 9.61 Å². The van der Waals surface area contributed by atoms with Crippen molar-refractivity contribution in [1.29, 1.82) is 0 Å². The molecule has 2 heterocycles. The number of benzene rings is 2. The molecule has 2 aromatic heterocycles. The number of hydrogen-bond donors (Lipinski definition) is 1. The van der Waals surface area contributed by atoms with Gasteiger partial charge in [-0.25, -0.2) is 4.98 Å². The molecule has 0 spiro atoms. The molecular weight excluding hydrogens is 464 g/mol. The van der Waals surface area contributed by atoms with Crippen LogP contribution in [0.5, 0.6) is 0 Å². The SMILES string of the molecule is CC(C)Cc1nn2c(=O)cc(CSc3ccccc3NC(=O)c3ccc(Cl)cc3)nc2s1. The molecule has 6 nitrogen and oxygen atoms in total. The molecule has 2 aromatic carbocycles. The van der Waals surface area contributed by atoms with E-state index in [9.17, 15) is 9.59 Å². The predicted octanol–water partition coefficient (Wildman–Crippen LogP) is 5.55. The summed E-state index contributed by atoms with van der Waals surface area (Å²) >= 11 is 8.87. The third-order valence-corrected chi connectivity index (χ3v) is 6.83. The number of carbonyl (C=O) groups is 1. The fraction of sp³-hybridized carbons (Fsp3) is 0.217. The maximum atomic E-state index is 12.6. The third kappa shape index (κ3) is 5.38. The zero-order chi connectivity index (χ0) is 22.7. The summed E-state index contributed by atoms with van der Waals surface area (Å²) in [4.78, 5) is 31.2. The number of carbonyl (C=O) groups excluding carboxylic acids is 1. The molecule has 0 aliphatic rings. The first-order chi connectivity index (χ1) is 15.4. The maximum absolute atomic E-state index is 12.6. The highest BCUT2D eigenvalue weighted by Crippen LogP contribution is 2.30. The Kier molecular flexibility index (Phi) is 6.93. The summed E-state index contributed by atoms with van der Waals surface area (Å²) in [5.41, 5.74) is 1.73. The van der Waals surface area contributed by atoms with Gasteiger partial charge in [0.2, 0.25) is 4.96 Å². The Morgan fingerprint density at radius 1 is 1.19 bits per heavy atom. The minimum atomic E-state index is -0.213.